The largest absolute Gasteiger partial charge is 2.00 e. The van der Waals surface area contributed by atoms with E-state index in [0.717, 1.165) is 13.1 Å². The number of aromatic nitrogens is 1. The zero-order chi connectivity index (χ0) is 29.4. The van der Waals surface area contributed by atoms with E-state index < -0.39 is 15.6 Å². The Balaban J connectivity index is 0.000000801. The number of hydrogen-bond acceptors (Lipinski definition) is 5. The Morgan fingerprint density at radius 1 is 0.615 bits per heavy atom. The first-order chi connectivity index (χ1) is 16.7. The van der Waals surface area contributed by atoms with Gasteiger partial charge in [-0.15, -0.1) is 0 Å². The van der Waals surface area contributed by atoms with Crippen molar-refractivity contribution in [2.24, 2.45) is 0 Å². The quantitative estimate of drug-likeness (QED) is 0.179. The molecule has 0 aliphatic carbocycles. The van der Waals surface area contributed by atoms with Gasteiger partial charge in [0.2, 0.25) is 0 Å². The van der Waals surface area contributed by atoms with Gasteiger partial charge in [-0.2, -0.15) is 0 Å². The topological polar surface area (TPSA) is 25.9 Å². The van der Waals surface area contributed by atoms with Crippen LogP contribution in [0.4, 0.5) is 50.4 Å². The molecule has 0 saturated carbocycles. The summed E-state index contributed by atoms with van der Waals surface area (Å²) in [6.45, 7) is 13.1. The van der Waals surface area contributed by atoms with Gasteiger partial charge < -0.3 is 14.7 Å². The molecule has 3 heterocycles. The van der Waals surface area contributed by atoms with Crippen LogP contribution in [0, 0.1) is 0 Å². The van der Waals surface area contributed by atoms with Crippen LogP contribution in [0.5, 0.6) is 0 Å². The van der Waals surface area contributed by atoms with E-state index in [1.54, 1.807) is 0 Å². The van der Waals surface area contributed by atoms with Crippen molar-refractivity contribution >= 4 is 15.6 Å². The maximum Gasteiger partial charge on any atom is 2.00 e. The van der Waals surface area contributed by atoms with Crippen LogP contribution in [0.1, 0.15) is 18.5 Å². The molecule has 2 saturated heterocycles. The number of rotatable bonds is 2. The number of pyridine rings is 1. The second kappa shape index (κ2) is 12.8. The molecule has 239 valence electrons. The molecule has 2 fully saturated rings. The van der Waals surface area contributed by atoms with Crippen molar-refractivity contribution in [1.29, 1.82) is 0 Å². The minimum Gasteiger partial charge on any atom is 2.00 e. The molecule has 2 atom stereocenters. The van der Waals surface area contributed by atoms with Crippen LogP contribution in [0.15, 0.2) is 24.4 Å². The Hall–Kier alpha value is -0.471. The molecule has 0 amide bonds. The van der Waals surface area contributed by atoms with E-state index in [9.17, 15) is 50.4 Å². The average Bonchev–Trinajstić information content (AvgIpc) is 2.68. The molecule has 2 aliphatic heterocycles. The van der Waals surface area contributed by atoms with Crippen LogP contribution < -0.4 is 0 Å². The Morgan fingerprint density at radius 3 is 1.51 bits per heavy atom. The van der Waals surface area contributed by atoms with E-state index in [4.69, 9.17) is 0 Å². The Kier molecular flexibility index (Phi) is 12.7. The van der Waals surface area contributed by atoms with Gasteiger partial charge in [0, 0.05) is 52.0 Å². The SMILES string of the molecule is CN1CCCN2CCN(CCCN(Cc3ccccn3)CC2)CC1.F[P-](F)(F)(F)(F)F.F[P-](F)(F)(F)(F)F.[Cu+2]. The van der Waals surface area contributed by atoms with Crippen LogP contribution in [-0.4, -0.2) is 97.1 Å². The number of nitrogens with zero attached hydrogens (tertiary/aromatic N) is 5. The predicted octanol–water partition coefficient (Wildman–Crippen LogP) is 7.99. The van der Waals surface area contributed by atoms with E-state index in [0.29, 0.717) is 0 Å². The summed E-state index contributed by atoms with van der Waals surface area (Å²) in [6, 6.07) is 6.25. The molecule has 1 aromatic rings. The monoisotopic (exact) mass is 684 g/mol. The maximum absolute atomic E-state index is 10.7. The van der Waals surface area contributed by atoms with Crippen molar-refractivity contribution in [3.8, 4) is 0 Å². The molecular weight excluding hydrogens is 652 g/mol. The van der Waals surface area contributed by atoms with Gasteiger partial charge >= 0.3 is 83.0 Å². The molecular formula is C19H33CuF12N5P2. The van der Waals surface area contributed by atoms with Crippen molar-refractivity contribution in [3.05, 3.63) is 30.1 Å². The average molecular weight is 685 g/mol. The summed E-state index contributed by atoms with van der Waals surface area (Å²) in [5.74, 6) is 0. The Bertz CT molecular complexity index is 808. The van der Waals surface area contributed by atoms with Gasteiger partial charge in [0.15, 0.2) is 0 Å². The molecule has 2 unspecified atom stereocenters. The summed E-state index contributed by atoms with van der Waals surface area (Å²) >= 11 is 0. The molecule has 0 N–H and O–H groups in total. The van der Waals surface area contributed by atoms with E-state index in [1.807, 2.05) is 12.3 Å². The normalized spacial score (nSPS) is 25.9. The predicted molar refractivity (Wildman–Crippen MR) is 126 cm³/mol. The summed E-state index contributed by atoms with van der Waals surface area (Å²) in [4.78, 5) is 14.9. The zero-order valence-corrected chi connectivity index (χ0v) is 23.7. The number of hydrogen-bond donors (Lipinski definition) is 0. The third-order valence-corrected chi connectivity index (χ3v) is 5.34. The second-order valence-corrected chi connectivity index (χ2v) is 13.0. The van der Waals surface area contributed by atoms with Crippen LogP contribution in [0.3, 0.4) is 0 Å². The number of fused-ring (bicyclic) bond motifs is 3. The smallest absolute Gasteiger partial charge is 2.00 e. The van der Waals surface area contributed by atoms with Crippen molar-refractivity contribution in [2.45, 2.75) is 19.4 Å². The minimum atomic E-state index is -10.7. The van der Waals surface area contributed by atoms with E-state index >= 15 is 0 Å². The fourth-order valence-corrected chi connectivity index (χ4v) is 3.73. The summed E-state index contributed by atoms with van der Waals surface area (Å²) in [6.07, 6.45) is 4.46. The van der Waals surface area contributed by atoms with Gasteiger partial charge in [0.25, 0.3) is 0 Å². The molecule has 0 aromatic carbocycles. The number of likely N-dealkylation sites (N-methyl/N-ethyl adjacent to an activating group) is 1. The van der Waals surface area contributed by atoms with Crippen LogP contribution in [-0.2, 0) is 23.6 Å². The summed E-state index contributed by atoms with van der Waals surface area (Å²) < 4.78 is 118. The minimum absolute atomic E-state index is 0. The van der Waals surface area contributed by atoms with Gasteiger partial charge in [-0.25, -0.2) is 0 Å². The van der Waals surface area contributed by atoms with Crippen LogP contribution in [0.25, 0.3) is 0 Å². The van der Waals surface area contributed by atoms with Gasteiger partial charge in [-0.05, 0) is 58.2 Å². The van der Waals surface area contributed by atoms with Crippen molar-refractivity contribution in [1.82, 2.24) is 24.6 Å². The summed E-state index contributed by atoms with van der Waals surface area (Å²) in [7, 11) is -19.0. The molecule has 5 nitrogen and oxygen atoms in total. The molecule has 39 heavy (non-hydrogen) atoms. The van der Waals surface area contributed by atoms with Crippen molar-refractivity contribution < 1.29 is 67.4 Å². The fourth-order valence-electron chi connectivity index (χ4n) is 3.73. The molecule has 0 spiro atoms. The van der Waals surface area contributed by atoms with E-state index in [2.05, 4.69) is 43.8 Å². The third-order valence-electron chi connectivity index (χ3n) is 5.34. The Morgan fingerprint density at radius 2 is 1.05 bits per heavy atom. The third kappa shape index (κ3) is 31.9. The first-order valence-electron chi connectivity index (χ1n) is 11.6. The maximum atomic E-state index is 9.87. The van der Waals surface area contributed by atoms with Crippen LogP contribution in [0.2, 0.25) is 0 Å². The zero-order valence-electron chi connectivity index (χ0n) is 21.0. The Labute approximate surface area is 229 Å². The fraction of sp³-hybridized carbons (Fsp3) is 0.737. The van der Waals surface area contributed by atoms with Crippen LogP contribution >= 0.6 is 15.6 Å². The first kappa shape index (κ1) is 38.5. The molecule has 2 bridgehead atoms. The standard InChI is InChI=1S/C19H33N5.Cu.2F6P/c1-21-8-4-9-23-15-14-22(13-12-21)10-5-11-24(17-16-23)18-19-6-2-3-7-20-19;;2*1-7(2,3,4,5)6/h2-3,6-7H,4-5,8-18H2,1H3;;;/q;+2;2*-1. The summed E-state index contributed by atoms with van der Waals surface area (Å²) in [5, 5.41) is 0. The van der Waals surface area contributed by atoms with Gasteiger partial charge in [-0.1, -0.05) is 6.07 Å². The molecule has 20 heteroatoms. The first-order valence-corrected chi connectivity index (χ1v) is 15.6. The molecule has 2 aliphatic rings. The van der Waals surface area contributed by atoms with E-state index in [1.165, 1.54) is 77.4 Å². The second-order valence-electron chi connectivity index (χ2n) is 9.21. The van der Waals surface area contributed by atoms with Crippen molar-refractivity contribution in [2.75, 3.05) is 72.5 Å². The van der Waals surface area contributed by atoms with Gasteiger partial charge in [-0.3, -0.25) is 9.88 Å². The van der Waals surface area contributed by atoms with Gasteiger partial charge in [0.05, 0.1) is 5.69 Å². The molecule has 1 aromatic heterocycles. The molecule has 3 rings (SSSR count). The summed E-state index contributed by atoms with van der Waals surface area (Å²) in [5.41, 5.74) is 1.20. The number of halogens is 12. The molecule has 1 radical (unpaired) electrons. The van der Waals surface area contributed by atoms with Gasteiger partial charge in [0.1, 0.15) is 0 Å². The van der Waals surface area contributed by atoms with E-state index in [-0.39, 0.29) is 17.1 Å². The van der Waals surface area contributed by atoms with Crippen molar-refractivity contribution in [3.63, 3.8) is 0 Å².